The minimum Gasteiger partial charge on any atom is -0.493 e. The predicted octanol–water partition coefficient (Wildman–Crippen LogP) is 3.96. The van der Waals surface area contributed by atoms with Crippen LogP contribution in [-0.4, -0.2) is 23.0 Å². The van der Waals surface area contributed by atoms with Crippen LogP contribution in [0.4, 0.5) is 0 Å². The summed E-state index contributed by atoms with van der Waals surface area (Å²) in [5.74, 6) is 1.16. The Morgan fingerprint density at radius 2 is 2.25 bits per heavy atom. The molecular weight excluding hydrogens is 272 g/mol. The van der Waals surface area contributed by atoms with Crippen molar-refractivity contribution >= 4 is 17.6 Å². The summed E-state index contributed by atoms with van der Waals surface area (Å²) in [6, 6.07) is 5.79. The summed E-state index contributed by atoms with van der Waals surface area (Å²) in [6.07, 6.45) is 1.39. The van der Waals surface area contributed by atoms with Crippen molar-refractivity contribution in [3.63, 3.8) is 0 Å². The Bertz CT molecular complexity index is 606. The Balaban J connectivity index is 2.31. The molecule has 0 saturated carbocycles. The first-order chi connectivity index (χ1) is 9.60. The lowest BCUT2D eigenvalue weighted by atomic mass is 10.1. The van der Waals surface area contributed by atoms with Crippen molar-refractivity contribution in [2.75, 3.05) is 6.61 Å². The number of ether oxygens (including phenoxy) is 1. The van der Waals surface area contributed by atoms with Crippen LogP contribution in [0.3, 0.4) is 0 Å². The number of benzene rings is 1. The maximum absolute atomic E-state index is 8.79. The molecule has 1 aromatic carbocycles. The molecule has 0 radical (unpaired) electrons. The molecule has 0 amide bonds. The zero-order valence-corrected chi connectivity index (χ0v) is 12.6. The molecule has 5 heteroatoms. The molecule has 0 unspecified atom stereocenters. The van der Waals surface area contributed by atoms with Gasteiger partial charge in [0.2, 0.25) is 0 Å². The normalized spacial score (nSPS) is 11.4. The highest BCUT2D eigenvalue weighted by Crippen LogP contribution is 2.28. The zero-order chi connectivity index (χ0) is 14.5. The highest BCUT2D eigenvalue weighted by Gasteiger charge is 2.08. The molecule has 20 heavy (non-hydrogen) atoms. The third-order valence-corrected chi connectivity index (χ3v) is 3.65. The Morgan fingerprint density at radius 3 is 2.85 bits per heavy atom. The average Bonchev–Trinajstić information content (AvgIpc) is 2.84. The topological polar surface area (TPSA) is 54.7 Å². The van der Waals surface area contributed by atoms with Crippen LogP contribution in [0.5, 0.6) is 5.75 Å². The van der Waals surface area contributed by atoms with E-state index in [9.17, 15) is 0 Å². The number of aromatic nitrogens is 1. The fourth-order valence-corrected chi connectivity index (χ4v) is 2.51. The van der Waals surface area contributed by atoms with E-state index in [0.29, 0.717) is 18.3 Å². The molecule has 2 aromatic rings. The highest BCUT2D eigenvalue weighted by molar-refractivity contribution is 7.13. The fourth-order valence-electron chi connectivity index (χ4n) is 1.72. The molecule has 0 fully saturated rings. The predicted molar refractivity (Wildman–Crippen MR) is 82.0 cm³/mol. The van der Waals surface area contributed by atoms with Gasteiger partial charge in [0.25, 0.3) is 0 Å². The van der Waals surface area contributed by atoms with Crippen LogP contribution in [0, 0.1) is 12.8 Å². The first-order valence-corrected chi connectivity index (χ1v) is 7.35. The van der Waals surface area contributed by atoms with Gasteiger partial charge < -0.3 is 9.94 Å². The number of hydrogen-bond donors (Lipinski definition) is 1. The number of aryl methyl sites for hydroxylation is 1. The smallest absolute Gasteiger partial charge is 0.128 e. The molecule has 0 aliphatic heterocycles. The van der Waals surface area contributed by atoms with E-state index in [0.717, 1.165) is 21.8 Å². The summed E-state index contributed by atoms with van der Waals surface area (Å²) in [6.45, 7) is 6.78. The molecule has 1 aromatic heterocycles. The molecule has 106 valence electrons. The maximum atomic E-state index is 8.79. The van der Waals surface area contributed by atoms with E-state index < -0.39 is 0 Å². The fraction of sp³-hybridized carbons (Fsp3) is 0.333. The van der Waals surface area contributed by atoms with Gasteiger partial charge in [-0.1, -0.05) is 19.0 Å². The van der Waals surface area contributed by atoms with E-state index >= 15 is 0 Å². The van der Waals surface area contributed by atoms with Gasteiger partial charge in [-0.3, -0.25) is 0 Å². The minimum absolute atomic E-state index is 0.440. The summed E-state index contributed by atoms with van der Waals surface area (Å²) in [4.78, 5) is 4.46. The first kappa shape index (κ1) is 14.5. The van der Waals surface area contributed by atoms with E-state index in [2.05, 4.69) is 24.0 Å². The monoisotopic (exact) mass is 290 g/mol. The lowest BCUT2D eigenvalue weighted by Crippen LogP contribution is -2.06. The van der Waals surface area contributed by atoms with E-state index in [-0.39, 0.29) is 0 Å². The number of thiazole rings is 1. The quantitative estimate of drug-likeness (QED) is 0.515. The number of oxime groups is 1. The minimum atomic E-state index is 0.440. The second-order valence-electron chi connectivity index (χ2n) is 5.00. The molecule has 0 bridgehead atoms. The van der Waals surface area contributed by atoms with Crippen LogP contribution in [0.25, 0.3) is 10.6 Å². The van der Waals surface area contributed by atoms with E-state index in [1.807, 2.05) is 30.5 Å². The summed E-state index contributed by atoms with van der Waals surface area (Å²) < 4.78 is 5.73. The molecule has 0 aliphatic carbocycles. The van der Waals surface area contributed by atoms with Gasteiger partial charge in [-0.05, 0) is 31.0 Å². The lowest BCUT2D eigenvalue weighted by Gasteiger charge is -2.11. The Labute approximate surface area is 122 Å². The van der Waals surface area contributed by atoms with Crippen molar-refractivity contribution in [1.82, 2.24) is 4.98 Å². The number of nitrogens with zero attached hydrogens (tertiary/aromatic N) is 2. The van der Waals surface area contributed by atoms with Crippen molar-refractivity contribution in [3.05, 3.63) is 34.8 Å². The summed E-state index contributed by atoms with van der Waals surface area (Å²) in [5, 5.41) is 14.9. The first-order valence-electron chi connectivity index (χ1n) is 6.47. The van der Waals surface area contributed by atoms with Gasteiger partial charge in [0.15, 0.2) is 0 Å². The van der Waals surface area contributed by atoms with Gasteiger partial charge in [0.1, 0.15) is 10.8 Å². The van der Waals surface area contributed by atoms with Crippen LogP contribution in [0.15, 0.2) is 28.7 Å². The van der Waals surface area contributed by atoms with E-state index in [4.69, 9.17) is 9.94 Å². The van der Waals surface area contributed by atoms with Gasteiger partial charge in [-0.2, -0.15) is 0 Å². The van der Waals surface area contributed by atoms with Gasteiger partial charge in [-0.15, -0.1) is 11.3 Å². The second-order valence-corrected chi connectivity index (χ2v) is 5.85. The average molecular weight is 290 g/mol. The largest absolute Gasteiger partial charge is 0.493 e. The number of hydrogen-bond acceptors (Lipinski definition) is 5. The number of rotatable bonds is 5. The molecule has 0 spiro atoms. The van der Waals surface area contributed by atoms with Crippen molar-refractivity contribution in [2.24, 2.45) is 11.1 Å². The Morgan fingerprint density at radius 1 is 1.45 bits per heavy atom. The molecular formula is C15H18N2O2S. The molecule has 0 aliphatic rings. The van der Waals surface area contributed by atoms with Gasteiger partial charge >= 0.3 is 0 Å². The molecule has 0 saturated heterocycles. The van der Waals surface area contributed by atoms with Gasteiger partial charge in [0, 0.05) is 22.2 Å². The molecule has 4 nitrogen and oxygen atoms in total. The van der Waals surface area contributed by atoms with E-state index in [1.165, 1.54) is 6.21 Å². The van der Waals surface area contributed by atoms with Crippen LogP contribution in [-0.2, 0) is 0 Å². The van der Waals surface area contributed by atoms with E-state index in [1.54, 1.807) is 11.3 Å². The molecule has 2 rings (SSSR count). The molecule has 1 N–H and O–H groups in total. The second kappa shape index (κ2) is 6.52. The standard InChI is InChI=1S/C15H18N2O2S/c1-10(2)8-19-14-5-4-12(6-13(14)7-16-18)15-17-11(3)9-20-15/h4-7,9-10,18H,8H2,1-3H3/b16-7+. The maximum Gasteiger partial charge on any atom is 0.128 e. The van der Waals surface area contributed by atoms with Crippen LogP contribution < -0.4 is 4.74 Å². The SMILES string of the molecule is Cc1csc(-c2ccc(OCC(C)C)c(/C=N/O)c2)n1. The van der Waals surface area contributed by atoms with Gasteiger partial charge in [0.05, 0.1) is 12.8 Å². The van der Waals surface area contributed by atoms with Crippen LogP contribution >= 0.6 is 11.3 Å². The third-order valence-electron chi connectivity index (χ3n) is 2.64. The van der Waals surface area contributed by atoms with Crippen LogP contribution in [0.2, 0.25) is 0 Å². The van der Waals surface area contributed by atoms with Crippen molar-refractivity contribution in [2.45, 2.75) is 20.8 Å². The van der Waals surface area contributed by atoms with Gasteiger partial charge in [-0.25, -0.2) is 4.98 Å². The summed E-state index contributed by atoms with van der Waals surface area (Å²) in [7, 11) is 0. The Kier molecular flexibility index (Phi) is 4.74. The highest BCUT2D eigenvalue weighted by atomic mass is 32.1. The molecule has 0 atom stereocenters. The summed E-state index contributed by atoms with van der Waals surface area (Å²) >= 11 is 1.59. The van der Waals surface area contributed by atoms with Crippen molar-refractivity contribution in [3.8, 4) is 16.3 Å². The van der Waals surface area contributed by atoms with Crippen molar-refractivity contribution in [1.29, 1.82) is 0 Å². The van der Waals surface area contributed by atoms with Crippen LogP contribution in [0.1, 0.15) is 25.1 Å². The summed E-state index contributed by atoms with van der Waals surface area (Å²) in [5.41, 5.74) is 2.75. The Hall–Kier alpha value is -1.88. The van der Waals surface area contributed by atoms with Crippen molar-refractivity contribution < 1.29 is 9.94 Å². The zero-order valence-electron chi connectivity index (χ0n) is 11.8. The third kappa shape index (κ3) is 3.57. The lowest BCUT2D eigenvalue weighted by molar-refractivity contribution is 0.270. The molecule has 1 heterocycles.